The number of nitrogens with one attached hydrogen (secondary N) is 1. The van der Waals surface area contributed by atoms with Crippen LogP contribution in [0.5, 0.6) is 0 Å². The highest BCUT2D eigenvalue weighted by Crippen LogP contribution is 2.36. The fourth-order valence-electron chi connectivity index (χ4n) is 3.89. The monoisotopic (exact) mass is 445 g/mol. The van der Waals surface area contributed by atoms with Gasteiger partial charge in [0.2, 0.25) is 5.91 Å². The van der Waals surface area contributed by atoms with Crippen molar-refractivity contribution in [2.45, 2.75) is 19.3 Å². The van der Waals surface area contributed by atoms with Crippen LogP contribution in [0.1, 0.15) is 19.3 Å². The standard InChI is InChI=1S/C23H27N3O2S.ClH/c1-28-14-5-11-24-23(27)18-8-12-26(13-9-18)21-16-20(17-6-3-2-4-7-17)25-19-10-15-29-22(19)21;/h2-4,6-7,10,15-16,18H,5,8-9,11-14H2,1H3,(H,24,27);1H. The molecule has 30 heavy (non-hydrogen) atoms. The van der Waals surface area contributed by atoms with Crippen LogP contribution in [0.15, 0.2) is 47.8 Å². The lowest BCUT2D eigenvalue weighted by atomic mass is 9.95. The number of hydrogen-bond acceptors (Lipinski definition) is 5. The maximum Gasteiger partial charge on any atom is 0.223 e. The normalized spacial score (nSPS) is 14.5. The lowest BCUT2D eigenvalue weighted by Gasteiger charge is -2.33. The van der Waals surface area contributed by atoms with Gasteiger partial charge in [-0.1, -0.05) is 30.3 Å². The number of thiophene rings is 1. The van der Waals surface area contributed by atoms with Crippen LogP contribution in [-0.2, 0) is 9.53 Å². The fourth-order valence-corrected chi connectivity index (χ4v) is 4.76. The van der Waals surface area contributed by atoms with Crippen molar-refractivity contribution < 1.29 is 9.53 Å². The highest BCUT2D eigenvalue weighted by molar-refractivity contribution is 7.17. The van der Waals surface area contributed by atoms with E-state index in [9.17, 15) is 4.79 Å². The predicted octanol–water partition coefficient (Wildman–Crippen LogP) is 4.75. The average Bonchev–Trinajstić information content (AvgIpc) is 3.25. The van der Waals surface area contributed by atoms with E-state index in [-0.39, 0.29) is 24.2 Å². The molecule has 0 bridgehead atoms. The minimum Gasteiger partial charge on any atom is -0.385 e. The molecule has 0 aliphatic carbocycles. The number of nitrogens with zero attached hydrogens (tertiary/aromatic N) is 2. The molecule has 0 radical (unpaired) electrons. The Labute approximate surface area is 187 Å². The van der Waals surface area contributed by atoms with Gasteiger partial charge in [-0.2, -0.15) is 0 Å². The van der Waals surface area contributed by atoms with E-state index in [1.807, 2.05) is 18.2 Å². The van der Waals surface area contributed by atoms with Crippen molar-refractivity contribution in [2.24, 2.45) is 5.92 Å². The number of piperidine rings is 1. The summed E-state index contributed by atoms with van der Waals surface area (Å²) < 4.78 is 6.27. The maximum atomic E-state index is 12.4. The lowest BCUT2D eigenvalue weighted by molar-refractivity contribution is -0.125. The number of pyridine rings is 1. The van der Waals surface area contributed by atoms with Gasteiger partial charge < -0.3 is 15.0 Å². The van der Waals surface area contributed by atoms with Crippen LogP contribution in [0, 0.1) is 5.92 Å². The molecule has 3 aromatic rings. The molecule has 7 heteroatoms. The number of carbonyl (C=O) groups is 1. The summed E-state index contributed by atoms with van der Waals surface area (Å²) in [6.45, 7) is 3.15. The summed E-state index contributed by atoms with van der Waals surface area (Å²) in [6, 6.07) is 14.6. The molecule has 5 nitrogen and oxygen atoms in total. The van der Waals surface area contributed by atoms with Gasteiger partial charge in [-0.15, -0.1) is 23.7 Å². The first kappa shape index (κ1) is 22.5. The number of benzene rings is 1. The van der Waals surface area contributed by atoms with Gasteiger partial charge >= 0.3 is 0 Å². The van der Waals surface area contributed by atoms with Crippen molar-refractivity contribution in [3.05, 3.63) is 47.8 Å². The number of ether oxygens (including phenoxy) is 1. The largest absolute Gasteiger partial charge is 0.385 e. The minimum atomic E-state index is 0. The molecular weight excluding hydrogens is 418 g/mol. The zero-order chi connectivity index (χ0) is 20.1. The average molecular weight is 446 g/mol. The van der Waals surface area contributed by atoms with E-state index in [4.69, 9.17) is 9.72 Å². The molecule has 1 aliphatic rings. The number of anilines is 1. The third kappa shape index (κ3) is 5.12. The van der Waals surface area contributed by atoms with Gasteiger partial charge in [-0.3, -0.25) is 4.79 Å². The van der Waals surface area contributed by atoms with Crippen LogP contribution in [0.4, 0.5) is 5.69 Å². The van der Waals surface area contributed by atoms with E-state index in [1.165, 1.54) is 10.4 Å². The molecule has 1 aromatic carbocycles. The second-order valence-electron chi connectivity index (χ2n) is 7.43. The topological polar surface area (TPSA) is 54.5 Å². The maximum absolute atomic E-state index is 12.4. The molecule has 1 aliphatic heterocycles. The van der Waals surface area contributed by atoms with E-state index < -0.39 is 0 Å². The van der Waals surface area contributed by atoms with Crippen LogP contribution in [-0.4, -0.2) is 44.2 Å². The lowest BCUT2D eigenvalue weighted by Crippen LogP contribution is -2.41. The Morgan fingerprint density at radius 1 is 1.23 bits per heavy atom. The Kier molecular flexibility index (Phi) is 8.08. The summed E-state index contributed by atoms with van der Waals surface area (Å²) >= 11 is 1.74. The molecule has 0 atom stereocenters. The molecular formula is C23H28ClN3O2S. The Bertz CT molecular complexity index is 955. The van der Waals surface area contributed by atoms with Crippen LogP contribution < -0.4 is 10.2 Å². The number of hydrogen-bond donors (Lipinski definition) is 1. The molecule has 3 heterocycles. The van der Waals surface area contributed by atoms with Gasteiger partial charge in [0.05, 0.1) is 21.6 Å². The molecule has 160 valence electrons. The van der Waals surface area contributed by atoms with Gasteiger partial charge in [-0.25, -0.2) is 4.98 Å². The fraction of sp³-hybridized carbons (Fsp3) is 0.391. The van der Waals surface area contributed by atoms with Crippen molar-refractivity contribution in [3.8, 4) is 11.3 Å². The number of amides is 1. The SMILES string of the molecule is COCCCNC(=O)C1CCN(c2cc(-c3ccccc3)nc3ccsc23)CC1.Cl. The Hall–Kier alpha value is -2.15. The summed E-state index contributed by atoms with van der Waals surface area (Å²) in [5, 5.41) is 5.16. The minimum absolute atomic E-state index is 0. The van der Waals surface area contributed by atoms with Crippen LogP contribution >= 0.6 is 23.7 Å². The number of carbonyl (C=O) groups excluding carboxylic acids is 1. The van der Waals surface area contributed by atoms with Gasteiger partial charge in [0, 0.05) is 44.8 Å². The molecule has 2 aromatic heterocycles. The quantitative estimate of drug-likeness (QED) is 0.533. The van der Waals surface area contributed by atoms with Gasteiger partial charge in [0.15, 0.2) is 0 Å². The first-order valence-electron chi connectivity index (χ1n) is 10.2. The van der Waals surface area contributed by atoms with E-state index in [0.717, 1.165) is 49.1 Å². The number of aromatic nitrogens is 1. The van der Waals surface area contributed by atoms with Crippen LogP contribution in [0.3, 0.4) is 0 Å². The van der Waals surface area contributed by atoms with E-state index in [2.05, 4.69) is 39.9 Å². The molecule has 1 saturated heterocycles. The third-order valence-corrected chi connectivity index (χ3v) is 6.42. The van der Waals surface area contributed by atoms with Crippen molar-refractivity contribution in [1.29, 1.82) is 0 Å². The zero-order valence-electron chi connectivity index (χ0n) is 17.2. The first-order valence-corrected chi connectivity index (χ1v) is 11.1. The molecule has 0 unspecified atom stereocenters. The summed E-state index contributed by atoms with van der Waals surface area (Å²) in [5.74, 6) is 0.282. The van der Waals surface area contributed by atoms with Gasteiger partial charge in [-0.05, 0) is 36.8 Å². The zero-order valence-corrected chi connectivity index (χ0v) is 18.8. The molecule has 0 saturated carbocycles. The van der Waals surface area contributed by atoms with Gasteiger partial charge in [0.25, 0.3) is 0 Å². The second kappa shape index (κ2) is 10.8. The van der Waals surface area contributed by atoms with Crippen LogP contribution in [0.25, 0.3) is 21.5 Å². The summed E-state index contributed by atoms with van der Waals surface area (Å²) in [7, 11) is 1.68. The highest BCUT2D eigenvalue weighted by atomic mass is 35.5. The Balaban J connectivity index is 0.00000256. The molecule has 1 amide bonds. The predicted molar refractivity (Wildman–Crippen MR) is 127 cm³/mol. The highest BCUT2D eigenvalue weighted by Gasteiger charge is 2.26. The molecule has 4 rings (SSSR count). The summed E-state index contributed by atoms with van der Waals surface area (Å²) in [6.07, 6.45) is 2.62. The van der Waals surface area contributed by atoms with E-state index in [0.29, 0.717) is 13.2 Å². The van der Waals surface area contributed by atoms with Crippen LogP contribution in [0.2, 0.25) is 0 Å². The summed E-state index contributed by atoms with van der Waals surface area (Å²) in [4.78, 5) is 19.7. The van der Waals surface area contributed by atoms with Crippen molar-refractivity contribution in [1.82, 2.24) is 10.3 Å². The molecule has 1 fully saturated rings. The summed E-state index contributed by atoms with van der Waals surface area (Å²) in [5.41, 5.74) is 4.42. The van der Waals surface area contributed by atoms with Crippen molar-refractivity contribution >= 4 is 45.6 Å². The smallest absolute Gasteiger partial charge is 0.223 e. The Morgan fingerprint density at radius 3 is 2.73 bits per heavy atom. The Morgan fingerprint density at radius 2 is 2.00 bits per heavy atom. The third-order valence-electron chi connectivity index (χ3n) is 5.49. The number of rotatable bonds is 7. The molecule has 0 spiro atoms. The number of fused-ring (bicyclic) bond motifs is 1. The number of halogens is 1. The second-order valence-corrected chi connectivity index (χ2v) is 8.34. The van der Waals surface area contributed by atoms with Gasteiger partial charge in [0.1, 0.15) is 0 Å². The van der Waals surface area contributed by atoms with E-state index in [1.54, 1.807) is 18.4 Å². The molecule has 1 N–H and O–H groups in total. The van der Waals surface area contributed by atoms with Crippen molar-refractivity contribution in [3.63, 3.8) is 0 Å². The van der Waals surface area contributed by atoms with E-state index >= 15 is 0 Å². The first-order chi connectivity index (χ1) is 14.3. The van der Waals surface area contributed by atoms with Crippen molar-refractivity contribution in [2.75, 3.05) is 38.3 Å². The number of methoxy groups -OCH3 is 1.